The molecule has 0 radical (unpaired) electrons. The third-order valence-corrected chi connectivity index (χ3v) is 5.77. The fourth-order valence-corrected chi connectivity index (χ4v) is 3.90. The maximum atomic E-state index is 12.6. The highest BCUT2D eigenvalue weighted by molar-refractivity contribution is 6.42. The van der Waals surface area contributed by atoms with Crippen LogP contribution in [0.25, 0.3) is 0 Å². The van der Waals surface area contributed by atoms with Crippen molar-refractivity contribution in [2.75, 3.05) is 13.1 Å². The van der Waals surface area contributed by atoms with Gasteiger partial charge in [0.15, 0.2) is 0 Å². The van der Waals surface area contributed by atoms with Crippen LogP contribution in [-0.2, 0) is 20.9 Å². The number of likely N-dealkylation sites (tertiary alicyclic amines) is 1. The zero-order chi connectivity index (χ0) is 18.7. The van der Waals surface area contributed by atoms with Gasteiger partial charge in [-0.15, -0.1) is 0 Å². The molecular weight excluding hydrogens is 375 g/mol. The van der Waals surface area contributed by atoms with Gasteiger partial charge in [0.25, 0.3) is 0 Å². The van der Waals surface area contributed by atoms with Crippen molar-refractivity contribution in [1.29, 1.82) is 0 Å². The Labute approximate surface area is 164 Å². The Kier molecular flexibility index (Phi) is 6.43. The molecule has 1 aromatic rings. The van der Waals surface area contributed by atoms with Gasteiger partial charge in [-0.1, -0.05) is 36.2 Å². The number of amides is 2. The summed E-state index contributed by atoms with van der Waals surface area (Å²) in [7, 11) is 0. The zero-order valence-electron chi connectivity index (χ0n) is 14.8. The Morgan fingerprint density at radius 1 is 1.27 bits per heavy atom. The van der Waals surface area contributed by atoms with Crippen LogP contribution in [-0.4, -0.2) is 41.9 Å². The molecule has 142 valence electrons. The summed E-state index contributed by atoms with van der Waals surface area (Å²) < 4.78 is 5.96. The third kappa shape index (κ3) is 4.90. The SMILES string of the molecule is C[C@@H]1CC(=O)N[C@H](C(=O)N2CCC(OCc3ccc(Cl)c(Cl)c3)CC2)C1. The van der Waals surface area contributed by atoms with E-state index in [2.05, 4.69) is 5.32 Å². The lowest BCUT2D eigenvalue weighted by molar-refractivity contribution is -0.141. The zero-order valence-corrected chi connectivity index (χ0v) is 16.4. The molecule has 0 aromatic heterocycles. The average Bonchev–Trinajstić information content (AvgIpc) is 2.62. The van der Waals surface area contributed by atoms with Crippen molar-refractivity contribution in [2.24, 2.45) is 5.92 Å². The minimum Gasteiger partial charge on any atom is -0.373 e. The molecule has 0 unspecified atom stereocenters. The molecule has 1 N–H and O–H groups in total. The van der Waals surface area contributed by atoms with Crippen LogP contribution in [0.4, 0.5) is 0 Å². The van der Waals surface area contributed by atoms with Gasteiger partial charge >= 0.3 is 0 Å². The van der Waals surface area contributed by atoms with Gasteiger partial charge in [0.2, 0.25) is 11.8 Å². The van der Waals surface area contributed by atoms with E-state index in [1.165, 1.54) is 0 Å². The molecule has 2 heterocycles. The quantitative estimate of drug-likeness (QED) is 0.844. The summed E-state index contributed by atoms with van der Waals surface area (Å²) in [4.78, 5) is 26.2. The van der Waals surface area contributed by atoms with Crippen LogP contribution in [0.15, 0.2) is 18.2 Å². The normalized spacial score (nSPS) is 24.4. The first-order valence-electron chi connectivity index (χ1n) is 9.06. The van der Waals surface area contributed by atoms with Crippen LogP contribution < -0.4 is 5.32 Å². The van der Waals surface area contributed by atoms with Crippen molar-refractivity contribution in [2.45, 2.75) is 51.4 Å². The molecule has 1 aromatic carbocycles. The monoisotopic (exact) mass is 398 g/mol. The van der Waals surface area contributed by atoms with Crippen LogP contribution in [0, 0.1) is 5.92 Å². The highest BCUT2D eigenvalue weighted by Gasteiger charge is 2.33. The summed E-state index contributed by atoms with van der Waals surface area (Å²) in [6.07, 6.45) is 2.94. The first-order valence-corrected chi connectivity index (χ1v) is 9.81. The minimum absolute atomic E-state index is 0.0260. The molecule has 7 heteroatoms. The largest absolute Gasteiger partial charge is 0.373 e. The second kappa shape index (κ2) is 8.59. The predicted molar refractivity (Wildman–Crippen MR) is 101 cm³/mol. The van der Waals surface area contributed by atoms with E-state index in [0.29, 0.717) is 36.2 Å². The van der Waals surface area contributed by atoms with E-state index in [9.17, 15) is 9.59 Å². The molecular formula is C19H24Cl2N2O3. The first kappa shape index (κ1) is 19.5. The van der Waals surface area contributed by atoms with Gasteiger partial charge in [-0.3, -0.25) is 9.59 Å². The predicted octanol–water partition coefficient (Wildman–Crippen LogP) is 3.42. The van der Waals surface area contributed by atoms with Crippen LogP contribution in [0.5, 0.6) is 0 Å². The number of halogens is 2. The lowest BCUT2D eigenvalue weighted by Crippen LogP contribution is -2.54. The molecule has 5 nitrogen and oxygen atoms in total. The lowest BCUT2D eigenvalue weighted by Gasteiger charge is -2.36. The van der Waals surface area contributed by atoms with E-state index in [1.54, 1.807) is 6.07 Å². The van der Waals surface area contributed by atoms with Crippen LogP contribution in [0.1, 0.15) is 38.2 Å². The van der Waals surface area contributed by atoms with E-state index < -0.39 is 0 Å². The molecule has 2 aliphatic heterocycles. The Hall–Kier alpha value is -1.30. The summed E-state index contributed by atoms with van der Waals surface area (Å²) >= 11 is 11.9. The molecule has 2 aliphatic rings. The third-order valence-electron chi connectivity index (χ3n) is 5.03. The molecule has 2 atom stereocenters. The summed E-state index contributed by atoms with van der Waals surface area (Å²) in [5, 5.41) is 3.89. The molecule has 26 heavy (non-hydrogen) atoms. The van der Waals surface area contributed by atoms with Gasteiger partial charge in [0, 0.05) is 19.5 Å². The molecule has 0 saturated carbocycles. The summed E-state index contributed by atoms with van der Waals surface area (Å²) in [6, 6.07) is 5.11. The number of nitrogens with one attached hydrogen (secondary N) is 1. The van der Waals surface area contributed by atoms with Crippen molar-refractivity contribution >= 4 is 35.0 Å². The van der Waals surface area contributed by atoms with Gasteiger partial charge in [-0.25, -0.2) is 0 Å². The minimum atomic E-state index is -0.375. The number of carbonyl (C=O) groups is 2. The first-order chi connectivity index (χ1) is 12.4. The standard InChI is InChI=1S/C19H24Cl2N2O3/c1-12-8-17(22-18(24)9-12)19(25)23-6-4-14(5-7-23)26-11-13-2-3-15(20)16(21)10-13/h2-3,10,12,14,17H,4-9,11H2,1H3,(H,22,24)/t12-,17-/m0/s1. The van der Waals surface area contributed by atoms with E-state index in [0.717, 1.165) is 24.8 Å². The van der Waals surface area contributed by atoms with Crippen molar-refractivity contribution in [3.05, 3.63) is 33.8 Å². The second-order valence-electron chi connectivity index (χ2n) is 7.25. The molecule has 2 fully saturated rings. The number of ether oxygens (including phenoxy) is 1. The average molecular weight is 399 g/mol. The van der Waals surface area contributed by atoms with Gasteiger partial charge in [0.1, 0.15) is 6.04 Å². The molecule has 2 amide bonds. The van der Waals surface area contributed by atoms with Crippen molar-refractivity contribution in [1.82, 2.24) is 10.2 Å². The summed E-state index contributed by atoms with van der Waals surface area (Å²) in [5.74, 6) is 0.263. The van der Waals surface area contributed by atoms with Gasteiger partial charge in [0.05, 0.1) is 22.8 Å². The van der Waals surface area contributed by atoms with Gasteiger partial charge in [-0.05, 0) is 42.9 Å². The number of rotatable bonds is 4. The smallest absolute Gasteiger partial charge is 0.245 e. The van der Waals surface area contributed by atoms with E-state index in [4.69, 9.17) is 27.9 Å². The Balaban J connectivity index is 1.45. The van der Waals surface area contributed by atoms with E-state index >= 15 is 0 Å². The van der Waals surface area contributed by atoms with Crippen molar-refractivity contribution < 1.29 is 14.3 Å². The molecule has 3 rings (SSSR count). The maximum absolute atomic E-state index is 12.6. The Morgan fingerprint density at radius 3 is 2.65 bits per heavy atom. The van der Waals surface area contributed by atoms with E-state index in [-0.39, 0.29) is 29.9 Å². The number of carbonyl (C=O) groups excluding carboxylic acids is 2. The van der Waals surface area contributed by atoms with Crippen LogP contribution in [0.2, 0.25) is 10.0 Å². The Morgan fingerprint density at radius 2 is 2.00 bits per heavy atom. The lowest BCUT2D eigenvalue weighted by atomic mass is 9.92. The van der Waals surface area contributed by atoms with Crippen LogP contribution >= 0.6 is 23.2 Å². The summed E-state index contributed by atoms with van der Waals surface area (Å²) in [6.45, 7) is 3.81. The van der Waals surface area contributed by atoms with E-state index in [1.807, 2.05) is 24.0 Å². The molecule has 0 spiro atoms. The fourth-order valence-electron chi connectivity index (χ4n) is 3.58. The Bertz CT molecular complexity index is 675. The van der Waals surface area contributed by atoms with Gasteiger partial charge < -0.3 is 15.0 Å². The highest BCUT2D eigenvalue weighted by atomic mass is 35.5. The van der Waals surface area contributed by atoms with Crippen molar-refractivity contribution in [3.8, 4) is 0 Å². The molecule has 0 aliphatic carbocycles. The van der Waals surface area contributed by atoms with Crippen molar-refractivity contribution in [3.63, 3.8) is 0 Å². The fraction of sp³-hybridized carbons (Fsp3) is 0.579. The number of benzene rings is 1. The number of piperidine rings is 2. The molecule has 2 saturated heterocycles. The number of hydrogen-bond donors (Lipinski definition) is 1. The summed E-state index contributed by atoms with van der Waals surface area (Å²) in [5.41, 5.74) is 0.983. The topological polar surface area (TPSA) is 58.6 Å². The number of hydrogen-bond acceptors (Lipinski definition) is 3. The molecule has 0 bridgehead atoms. The van der Waals surface area contributed by atoms with Crippen LogP contribution in [0.3, 0.4) is 0 Å². The maximum Gasteiger partial charge on any atom is 0.245 e. The number of nitrogens with zero attached hydrogens (tertiary/aromatic N) is 1. The second-order valence-corrected chi connectivity index (χ2v) is 8.06. The van der Waals surface area contributed by atoms with Gasteiger partial charge in [-0.2, -0.15) is 0 Å². The highest BCUT2D eigenvalue weighted by Crippen LogP contribution is 2.24.